The summed E-state index contributed by atoms with van der Waals surface area (Å²) in [7, 11) is 2.17. The molecule has 1 unspecified atom stereocenters. The van der Waals surface area contributed by atoms with Gasteiger partial charge in [0.1, 0.15) is 5.60 Å². The minimum atomic E-state index is -3.00. The van der Waals surface area contributed by atoms with Crippen molar-refractivity contribution in [1.82, 2.24) is 20.1 Å². The summed E-state index contributed by atoms with van der Waals surface area (Å²) in [6.07, 6.45) is 5.58. The van der Waals surface area contributed by atoms with E-state index in [2.05, 4.69) is 45.7 Å². The van der Waals surface area contributed by atoms with Crippen molar-refractivity contribution in [3.63, 3.8) is 0 Å². The zero-order valence-corrected chi connectivity index (χ0v) is 20.6. The Morgan fingerprint density at radius 3 is 2.66 bits per heavy atom. The van der Waals surface area contributed by atoms with E-state index in [0.717, 1.165) is 38.5 Å². The van der Waals surface area contributed by atoms with Gasteiger partial charge in [-0.2, -0.15) is 8.78 Å². The van der Waals surface area contributed by atoms with Crippen LogP contribution in [-0.2, 0) is 4.74 Å². The van der Waals surface area contributed by atoms with Crippen molar-refractivity contribution in [3.05, 3.63) is 29.6 Å². The van der Waals surface area contributed by atoms with Crippen LogP contribution in [0, 0.1) is 23.2 Å². The van der Waals surface area contributed by atoms with E-state index in [9.17, 15) is 8.78 Å². The first-order valence-electron chi connectivity index (χ1n) is 12.5. The quantitative estimate of drug-likeness (QED) is 0.482. The maximum atomic E-state index is 12.7. The van der Waals surface area contributed by atoms with Crippen LogP contribution in [-0.4, -0.2) is 84.6 Å². The molecule has 4 N–H and O–H groups in total. The number of likely N-dealkylation sites (tertiary alicyclic amines) is 1. The normalized spacial score (nSPS) is 30.4. The Labute approximate surface area is 205 Å². The highest BCUT2D eigenvalue weighted by atomic mass is 19.3. The Hall–Kier alpha value is -2.30. The van der Waals surface area contributed by atoms with E-state index in [4.69, 9.17) is 15.9 Å². The third kappa shape index (κ3) is 5.01. The van der Waals surface area contributed by atoms with E-state index in [1.165, 1.54) is 25.1 Å². The van der Waals surface area contributed by atoms with Gasteiger partial charge in [-0.15, -0.1) is 0 Å². The summed E-state index contributed by atoms with van der Waals surface area (Å²) in [4.78, 5) is 8.89. The largest absolute Gasteiger partial charge is 0.431 e. The second-order valence-corrected chi connectivity index (χ2v) is 11.0. The lowest BCUT2D eigenvalue weighted by Crippen LogP contribution is -2.71. The van der Waals surface area contributed by atoms with Gasteiger partial charge in [0.25, 0.3) is 0 Å². The van der Waals surface area contributed by atoms with E-state index >= 15 is 0 Å². The molecule has 2 saturated heterocycles. The number of alkyl halides is 2. The van der Waals surface area contributed by atoms with Crippen molar-refractivity contribution in [2.45, 2.75) is 51.0 Å². The predicted molar refractivity (Wildman–Crippen MR) is 130 cm³/mol. The number of rotatable bonds is 8. The standard InChI is InChI=1S/C25H36F2N6O2/c1-14(2)31-20(9-19(28)15-6-21(35-24(26)27)23(29)30-10-15)22-17-7-16(8-18(17)22)33-12-25(13-33)11-32(3)4-5-34-25/h6,9-10,14,16-18,22,24,28,31H,4-5,7-8,11-13H2,1-3H3,(H2,29,30)/b20-9-,28-19?/t16?,17-,18+,22+. The summed E-state index contributed by atoms with van der Waals surface area (Å²) in [6, 6.07) is 2.19. The molecule has 3 heterocycles. The summed E-state index contributed by atoms with van der Waals surface area (Å²) < 4.78 is 35.9. The predicted octanol–water partition coefficient (Wildman–Crippen LogP) is 2.56. The first-order chi connectivity index (χ1) is 16.6. The van der Waals surface area contributed by atoms with E-state index in [0.29, 0.717) is 29.4 Å². The molecule has 1 aromatic heterocycles. The second kappa shape index (κ2) is 9.29. The molecule has 4 atom stereocenters. The van der Waals surface area contributed by atoms with Crippen LogP contribution in [0.1, 0.15) is 32.3 Å². The van der Waals surface area contributed by atoms with Gasteiger partial charge in [-0.3, -0.25) is 4.90 Å². The number of morpholine rings is 1. The summed E-state index contributed by atoms with van der Waals surface area (Å²) in [5.74, 6) is 1.30. The third-order valence-electron chi connectivity index (χ3n) is 7.88. The maximum Gasteiger partial charge on any atom is 0.387 e. The van der Waals surface area contributed by atoms with Crippen molar-refractivity contribution < 1.29 is 18.3 Å². The van der Waals surface area contributed by atoms with Crippen LogP contribution < -0.4 is 15.8 Å². The van der Waals surface area contributed by atoms with E-state index < -0.39 is 6.61 Å². The van der Waals surface area contributed by atoms with Crippen LogP contribution in [0.5, 0.6) is 5.75 Å². The highest BCUT2D eigenvalue weighted by Crippen LogP contribution is 2.61. The number of nitrogens with one attached hydrogen (secondary N) is 2. The van der Waals surface area contributed by atoms with Gasteiger partial charge in [0, 0.05) is 61.6 Å². The number of aromatic nitrogens is 1. The average Bonchev–Trinajstić information content (AvgIpc) is 3.25. The van der Waals surface area contributed by atoms with Gasteiger partial charge in [-0.1, -0.05) is 0 Å². The first kappa shape index (κ1) is 24.4. The highest BCUT2D eigenvalue weighted by Gasteiger charge is 2.60. The molecule has 5 rings (SSSR count). The van der Waals surface area contributed by atoms with E-state index in [-0.39, 0.29) is 28.9 Å². The summed E-state index contributed by atoms with van der Waals surface area (Å²) in [5.41, 5.74) is 7.31. The van der Waals surface area contributed by atoms with Gasteiger partial charge < -0.3 is 30.8 Å². The van der Waals surface area contributed by atoms with Gasteiger partial charge in [-0.05, 0) is 57.7 Å². The van der Waals surface area contributed by atoms with E-state index in [1.807, 2.05) is 6.08 Å². The van der Waals surface area contributed by atoms with Crippen LogP contribution in [0.2, 0.25) is 0 Å². The molecule has 2 aliphatic carbocycles. The SMILES string of the molecule is CC(C)N/C(=C\C(=N)c1cnc(N)c(OC(F)F)c1)[C@H]1[C@@H]2CC(N3CC4(CN(C)CCO4)C3)C[C@@H]21. The number of hydrogen-bond donors (Lipinski definition) is 3. The number of halogens is 2. The number of allylic oxidation sites excluding steroid dienone is 2. The highest BCUT2D eigenvalue weighted by molar-refractivity contribution is 6.07. The molecule has 1 spiro atoms. The number of ether oxygens (including phenoxy) is 2. The monoisotopic (exact) mass is 490 g/mol. The lowest BCUT2D eigenvalue weighted by Gasteiger charge is -2.55. The van der Waals surface area contributed by atoms with Crippen molar-refractivity contribution in [1.29, 1.82) is 5.41 Å². The van der Waals surface area contributed by atoms with Gasteiger partial charge >= 0.3 is 6.61 Å². The molecular weight excluding hydrogens is 454 g/mol. The Kier molecular flexibility index (Phi) is 6.48. The molecule has 1 aromatic rings. The second-order valence-electron chi connectivity index (χ2n) is 11.0. The average molecular weight is 491 g/mol. The summed E-state index contributed by atoms with van der Waals surface area (Å²) >= 11 is 0. The van der Waals surface area contributed by atoms with Gasteiger partial charge in [0.05, 0.1) is 12.3 Å². The molecule has 35 heavy (non-hydrogen) atoms. The fourth-order valence-electron chi connectivity index (χ4n) is 6.35. The fourth-order valence-corrected chi connectivity index (χ4v) is 6.35. The summed E-state index contributed by atoms with van der Waals surface area (Å²) in [6.45, 7) is 6.07. The molecule has 0 radical (unpaired) electrons. The Morgan fingerprint density at radius 1 is 1.31 bits per heavy atom. The summed E-state index contributed by atoms with van der Waals surface area (Å²) in [5, 5.41) is 12.1. The smallest absolute Gasteiger partial charge is 0.387 e. The maximum absolute atomic E-state index is 12.7. The van der Waals surface area contributed by atoms with E-state index in [1.54, 1.807) is 0 Å². The molecule has 0 aromatic carbocycles. The lowest BCUT2D eigenvalue weighted by molar-refractivity contribution is -0.190. The molecule has 2 aliphatic heterocycles. The number of anilines is 1. The third-order valence-corrected chi connectivity index (χ3v) is 7.88. The van der Waals surface area contributed by atoms with Crippen molar-refractivity contribution in [3.8, 4) is 5.75 Å². The number of nitrogens with zero attached hydrogens (tertiary/aromatic N) is 3. The number of fused-ring (bicyclic) bond motifs is 1. The van der Waals surface area contributed by atoms with Gasteiger partial charge in [-0.25, -0.2) is 4.98 Å². The Morgan fingerprint density at radius 2 is 2.03 bits per heavy atom. The van der Waals surface area contributed by atoms with Gasteiger partial charge in [0.15, 0.2) is 11.6 Å². The molecule has 10 heteroatoms. The molecule has 2 saturated carbocycles. The van der Waals surface area contributed by atoms with Crippen molar-refractivity contribution in [2.24, 2.45) is 17.8 Å². The molecule has 4 fully saturated rings. The molecule has 0 amide bonds. The fraction of sp³-hybridized carbons (Fsp3) is 0.680. The van der Waals surface area contributed by atoms with Crippen molar-refractivity contribution >= 4 is 11.5 Å². The molecule has 0 bridgehead atoms. The molecular formula is C25H36F2N6O2. The van der Waals surface area contributed by atoms with Crippen LogP contribution in [0.3, 0.4) is 0 Å². The Bertz CT molecular complexity index is 984. The van der Waals surface area contributed by atoms with Gasteiger partial charge in [0.2, 0.25) is 0 Å². The molecule has 192 valence electrons. The number of nitrogens with two attached hydrogens (primary N) is 1. The van der Waals surface area contributed by atoms with Crippen LogP contribution >= 0.6 is 0 Å². The molecule has 4 aliphatic rings. The van der Waals surface area contributed by atoms with Crippen LogP contribution in [0.25, 0.3) is 0 Å². The van der Waals surface area contributed by atoms with Crippen LogP contribution in [0.4, 0.5) is 14.6 Å². The number of hydrogen-bond acceptors (Lipinski definition) is 8. The van der Waals surface area contributed by atoms with Crippen molar-refractivity contribution in [2.75, 3.05) is 45.6 Å². The molecule has 8 nitrogen and oxygen atoms in total. The topological polar surface area (TPSA) is 99.7 Å². The number of pyridine rings is 1. The van der Waals surface area contributed by atoms with Crippen LogP contribution in [0.15, 0.2) is 24.0 Å². The Balaban J connectivity index is 1.22. The number of likely N-dealkylation sites (N-methyl/N-ethyl adjacent to an activating group) is 1. The minimum absolute atomic E-state index is 0.0263. The zero-order valence-electron chi connectivity index (χ0n) is 20.6. The first-order valence-corrected chi connectivity index (χ1v) is 12.5. The zero-order chi connectivity index (χ0) is 24.9. The minimum Gasteiger partial charge on any atom is -0.431 e. The lowest BCUT2D eigenvalue weighted by atomic mass is 9.88. The number of nitrogen functional groups attached to an aromatic ring is 1.